The maximum Gasteiger partial charge on any atom is 0.342 e. The zero-order chi connectivity index (χ0) is 26.5. The quantitative estimate of drug-likeness (QED) is 0.309. The van der Waals surface area contributed by atoms with E-state index in [1.165, 1.54) is 10.7 Å². The number of anilines is 1. The monoisotopic (exact) mass is 511 g/mol. The summed E-state index contributed by atoms with van der Waals surface area (Å²) in [6.07, 6.45) is 7.28. The zero-order valence-electron chi connectivity index (χ0n) is 21.1. The van der Waals surface area contributed by atoms with Crippen LogP contribution in [0.15, 0.2) is 73.1 Å². The predicted molar refractivity (Wildman–Crippen MR) is 143 cm³/mol. The van der Waals surface area contributed by atoms with E-state index in [0.29, 0.717) is 29.1 Å². The number of carbonyl (C=O) groups is 2. The van der Waals surface area contributed by atoms with Gasteiger partial charge in [0.2, 0.25) is 0 Å². The lowest BCUT2D eigenvalue weighted by atomic mass is 10.0. The highest BCUT2D eigenvalue weighted by Gasteiger charge is 2.26. The fourth-order valence-corrected chi connectivity index (χ4v) is 4.73. The molecule has 2 aromatic heterocycles. The SMILES string of the molecule is COc1ccc(CNC(=O)n2nc(-c3ccc(NC(=O)c4ccncc4)cc3O)cc2C2CCCC2)cc1. The van der Waals surface area contributed by atoms with Gasteiger partial charge < -0.3 is 20.5 Å². The van der Waals surface area contributed by atoms with Crippen molar-refractivity contribution in [2.75, 3.05) is 12.4 Å². The normalized spacial score (nSPS) is 13.3. The molecule has 5 rings (SSSR count). The Morgan fingerprint density at radius 2 is 1.76 bits per heavy atom. The molecule has 2 amide bonds. The Kier molecular flexibility index (Phi) is 7.35. The number of hydrogen-bond acceptors (Lipinski definition) is 6. The van der Waals surface area contributed by atoms with E-state index in [1.807, 2.05) is 30.3 Å². The van der Waals surface area contributed by atoms with Crippen LogP contribution < -0.4 is 15.4 Å². The van der Waals surface area contributed by atoms with Crippen LogP contribution in [-0.2, 0) is 6.54 Å². The van der Waals surface area contributed by atoms with E-state index in [9.17, 15) is 14.7 Å². The van der Waals surface area contributed by atoms with E-state index in [0.717, 1.165) is 42.7 Å². The molecular weight excluding hydrogens is 482 g/mol. The topological polar surface area (TPSA) is 118 Å². The summed E-state index contributed by atoms with van der Waals surface area (Å²) in [7, 11) is 1.61. The van der Waals surface area contributed by atoms with Crippen LogP contribution in [0.4, 0.5) is 10.5 Å². The van der Waals surface area contributed by atoms with Crippen LogP contribution in [-0.4, -0.2) is 38.9 Å². The highest BCUT2D eigenvalue weighted by Crippen LogP contribution is 2.38. The number of nitrogens with one attached hydrogen (secondary N) is 2. The van der Waals surface area contributed by atoms with Gasteiger partial charge in [0.05, 0.1) is 18.5 Å². The molecule has 3 N–H and O–H groups in total. The largest absolute Gasteiger partial charge is 0.507 e. The van der Waals surface area contributed by atoms with E-state index >= 15 is 0 Å². The molecule has 9 nitrogen and oxygen atoms in total. The first-order valence-corrected chi connectivity index (χ1v) is 12.6. The molecule has 0 spiro atoms. The van der Waals surface area contributed by atoms with E-state index in [4.69, 9.17) is 4.74 Å². The zero-order valence-corrected chi connectivity index (χ0v) is 21.1. The molecule has 1 aliphatic rings. The first kappa shape index (κ1) is 25.0. The van der Waals surface area contributed by atoms with Crippen molar-refractivity contribution in [2.45, 2.75) is 38.1 Å². The Morgan fingerprint density at radius 1 is 1.03 bits per heavy atom. The van der Waals surface area contributed by atoms with Gasteiger partial charge in [-0.05, 0) is 60.9 Å². The number of rotatable bonds is 7. The van der Waals surface area contributed by atoms with Gasteiger partial charge in [-0.15, -0.1) is 0 Å². The summed E-state index contributed by atoms with van der Waals surface area (Å²) in [6, 6.07) is 17.2. The third-order valence-corrected chi connectivity index (χ3v) is 6.78. The number of benzene rings is 2. The van der Waals surface area contributed by atoms with Crippen molar-refractivity contribution in [1.82, 2.24) is 20.1 Å². The average molecular weight is 512 g/mol. The summed E-state index contributed by atoms with van der Waals surface area (Å²) < 4.78 is 6.62. The molecule has 9 heteroatoms. The molecule has 0 atom stereocenters. The molecule has 194 valence electrons. The van der Waals surface area contributed by atoms with E-state index in [-0.39, 0.29) is 23.6 Å². The molecule has 0 aliphatic heterocycles. The van der Waals surface area contributed by atoms with E-state index in [2.05, 4.69) is 20.7 Å². The number of pyridine rings is 1. The second kappa shape index (κ2) is 11.2. The molecule has 4 aromatic rings. The number of ether oxygens (including phenoxy) is 1. The Balaban J connectivity index is 1.36. The first-order chi connectivity index (χ1) is 18.5. The maximum absolute atomic E-state index is 13.2. The minimum Gasteiger partial charge on any atom is -0.507 e. The number of carbonyl (C=O) groups excluding carboxylic acids is 2. The van der Waals surface area contributed by atoms with Gasteiger partial charge in [0.25, 0.3) is 5.91 Å². The number of phenolic OH excluding ortho intramolecular Hbond substituents is 1. The van der Waals surface area contributed by atoms with Crippen LogP contribution in [0.2, 0.25) is 0 Å². The number of hydrogen-bond donors (Lipinski definition) is 3. The molecule has 0 unspecified atom stereocenters. The van der Waals surface area contributed by atoms with Crippen molar-refractivity contribution in [1.29, 1.82) is 0 Å². The third-order valence-electron chi connectivity index (χ3n) is 6.78. The summed E-state index contributed by atoms with van der Waals surface area (Å²) in [6.45, 7) is 0.346. The predicted octanol–water partition coefficient (Wildman–Crippen LogP) is 5.33. The number of methoxy groups -OCH3 is 1. The number of phenols is 1. The Hall–Kier alpha value is -4.66. The van der Waals surface area contributed by atoms with Crippen molar-refractivity contribution in [3.63, 3.8) is 0 Å². The van der Waals surface area contributed by atoms with Gasteiger partial charge in [0.1, 0.15) is 11.5 Å². The lowest BCUT2D eigenvalue weighted by Gasteiger charge is -2.12. The average Bonchev–Trinajstić information content (AvgIpc) is 3.63. The smallest absolute Gasteiger partial charge is 0.342 e. The molecule has 38 heavy (non-hydrogen) atoms. The Labute approximate surface area is 220 Å². The van der Waals surface area contributed by atoms with Crippen LogP contribution in [0.1, 0.15) is 53.2 Å². The van der Waals surface area contributed by atoms with Crippen LogP contribution >= 0.6 is 0 Å². The summed E-state index contributed by atoms with van der Waals surface area (Å²) in [4.78, 5) is 29.6. The molecule has 1 saturated carbocycles. The summed E-state index contributed by atoms with van der Waals surface area (Å²) in [5.74, 6) is 0.631. The van der Waals surface area contributed by atoms with Gasteiger partial charge >= 0.3 is 6.03 Å². The van der Waals surface area contributed by atoms with Crippen LogP contribution in [0.25, 0.3) is 11.3 Å². The molecule has 2 heterocycles. The fraction of sp³-hybridized carbons (Fsp3) is 0.241. The van der Waals surface area contributed by atoms with Crippen molar-refractivity contribution < 1.29 is 19.4 Å². The first-order valence-electron chi connectivity index (χ1n) is 12.6. The van der Waals surface area contributed by atoms with Gasteiger partial charge in [-0.3, -0.25) is 9.78 Å². The molecule has 2 aromatic carbocycles. The highest BCUT2D eigenvalue weighted by atomic mass is 16.5. The van der Waals surface area contributed by atoms with Gasteiger partial charge in [-0.25, -0.2) is 4.79 Å². The molecular formula is C29H29N5O4. The highest BCUT2D eigenvalue weighted by molar-refractivity contribution is 6.04. The van der Waals surface area contributed by atoms with Gasteiger partial charge in [-0.1, -0.05) is 25.0 Å². The minimum absolute atomic E-state index is 0.0428. The van der Waals surface area contributed by atoms with Crippen LogP contribution in [0.5, 0.6) is 11.5 Å². The Morgan fingerprint density at radius 3 is 2.45 bits per heavy atom. The third kappa shape index (κ3) is 5.51. The lowest BCUT2D eigenvalue weighted by Crippen LogP contribution is -2.30. The minimum atomic E-state index is -0.324. The standard InChI is InChI=1S/C29H29N5O4/c1-38-23-9-6-19(7-10-23)18-31-29(37)34-26(20-4-2-3-5-20)17-25(33-34)24-11-8-22(16-27(24)35)32-28(36)21-12-14-30-15-13-21/h6-17,20,35H,2-5,18H2,1H3,(H,31,37)(H,32,36). The summed E-state index contributed by atoms with van der Waals surface area (Å²) in [5, 5.41) is 21.1. The second-order valence-electron chi connectivity index (χ2n) is 9.28. The molecule has 0 radical (unpaired) electrons. The van der Waals surface area contributed by atoms with Crippen molar-refractivity contribution in [3.8, 4) is 22.8 Å². The van der Waals surface area contributed by atoms with Crippen molar-refractivity contribution >= 4 is 17.6 Å². The van der Waals surface area contributed by atoms with Gasteiger partial charge in [0.15, 0.2) is 0 Å². The Bertz CT molecular complexity index is 1430. The van der Waals surface area contributed by atoms with Crippen LogP contribution in [0.3, 0.4) is 0 Å². The van der Waals surface area contributed by atoms with Gasteiger partial charge in [0, 0.05) is 47.7 Å². The fourth-order valence-electron chi connectivity index (χ4n) is 4.73. The molecule has 1 fully saturated rings. The number of nitrogens with zero attached hydrogens (tertiary/aromatic N) is 3. The van der Waals surface area contributed by atoms with Crippen LogP contribution in [0, 0.1) is 0 Å². The van der Waals surface area contributed by atoms with Crippen molar-refractivity contribution in [2.24, 2.45) is 0 Å². The second-order valence-corrected chi connectivity index (χ2v) is 9.28. The van der Waals surface area contributed by atoms with Gasteiger partial charge in [-0.2, -0.15) is 9.78 Å². The number of aromatic hydroxyl groups is 1. The van der Waals surface area contributed by atoms with Crippen molar-refractivity contribution in [3.05, 3.63) is 89.9 Å². The molecule has 0 bridgehead atoms. The molecule has 0 saturated heterocycles. The number of amides is 2. The van der Waals surface area contributed by atoms with E-state index in [1.54, 1.807) is 43.8 Å². The lowest BCUT2D eigenvalue weighted by molar-refractivity contribution is 0.102. The number of aromatic nitrogens is 3. The summed E-state index contributed by atoms with van der Waals surface area (Å²) >= 11 is 0. The molecule has 1 aliphatic carbocycles. The maximum atomic E-state index is 13.2. The van der Waals surface area contributed by atoms with E-state index < -0.39 is 0 Å². The summed E-state index contributed by atoms with van der Waals surface area (Å²) in [5.41, 5.74) is 3.66.